The molecule has 2 N–H and O–H groups in total. The van der Waals surface area contributed by atoms with Gasteiger partial charge in [0.05, 0.1) is 0 Å². The maximum absolute atomic E-state index is 6.19. The van der Waals surface area contributed by atoms with E-state index in [0.717, 1.165) is 38.2 Å². The summed E-state index contributed by atoms with van der Waals surface area (Å²) >= 11 is 0. The molecule has 0 unspecified atom stereocenters. The minimum absolute atomic E-state index is 0. The average molecular weight is 313 g/mol. The van der Waals surface area contributed by atoms with Gasteiger partial charge in [-0.2, -0.15) is 0 Å². The van der Waals surface area contributed by atoms with Crippen LogP contribution in [0.5, 0.6) is 5.75 Å². The maximum atomic E-state index is 6.19. The Balaban J connectivity index is 0.00000220. The first kappa shape index (κ1) is 18.3. The molecule has 0 aliphatic carbocycles. The molecule has 3 nitrogen and oxygen atoms in total. The van der Waals surface area contributed by atoms with Gasteiger partial charge in [0.25, 0.3) is 0 Å². The van der Waals surface area contributed by atoms with Crippen molar-refractivity contribution >= 4 is 12.4 Å². The Bertz CT molecular complexity index is 449. The maximum Gasteiger partial charge on any atom is 0.122 e. The third-order valence-electron chi connectivity index (χ3n) is 3.80. The van der Waals surface area contributed by atoms with E-state index in [1.54, 1.807) is 0 Å². The Morgan fingerprint density at radius 1 is 1.24 bits per heavy atom. The van der Waals surface area contributed by atoms with Crippen LogP contribution in [0.2, 0.25) is 0 Å². The van der Waals surface area contributed by atoms with E-state index < -0.39 is 0 Å². The van der Waals surface area contributed by atoms with Crippen LogP contribution < -0.4 is 10.5 Å². The first-order valence-corrected chi connectivity index (χ1v) is 7.59. The van der Waals surface area contributed by atoms with Gasteiger partial charge in [-0.25, -0.2) is 0 Å². The molecular weight excluding hydrogens is 284 g/mol. The van der Waals surface area contributed by atoms with Crippen LogP contribution in [0, 0.1) is 13.8 Å². The summed E-state index contributed by atoms with van der Waals surface area (Å²) in [5, 5.41) is 0. The van der Waals surface area contributed by atoms with Crippen LogP contribution in [0.15, 0.2) is 18.2 Å². The van der Waals surface area contributed by atoms with Crippen molar-refractivity contribution in [1.82, 2.24) is 4.90 Å². The molecule has 1 aliphatic rings. The number of rotatable bonds is 4. The van der Waals surface area contributed by atoms with Crippen molar-refractivity contribution in [3.63, 3.8) is 0 Å². The Kier molecular flexibility index (Phi) is 6.51. The summed E-state index contributed by atoms with van der Waals surface area (Å²) in [6.07, 6.45) is 2.51. The molecule has 4 heteroatoms. The SMILES string of the molecule is Cc1ccc(C)c(OC2CCN(CC(C)(C)N)CC2)c1.Cl. The van der Waals surface area contributed by atoms with Gasteiger partial charge in [0.2, 0.25) is 0 Å². The van der Waals surface area contributed by atoms with Crippen molar-refractivity contribution in [2.24, 2.45) is 5.73 Å². The first-order valence-electron chi connectivity index (χ1n) is 7.59. The summed E-state index contributed by atoms with van der Waals surface area (Å²) in [5.74, 6) is 1.04. The lowest BCUT2D eigenvalue weighted by Crippen LogP contribution is -2.49. The van der Waals surface area contributed by atoms with Crippen molar-refractivity contribution in [2.45, 2.75) is 52.2 Å². The highest BCUT2D eigenvalue weighted by Crippen LogP contribution is 2.24. The summed E-state index contributed by atoms with van der Waals surface area (Å²) in [5.41, 5.74) is 8.46. The predicted octanol–water partition coefficient (Wildman–Crippen LogP) is 3.31. The quantitative estimate of drug-likeness (QED) is 0.927. The Morgan fingerprint density at radius 3 is 2.43 bits per heavy atom. The number of likely N-dealkylation sites (tertiary alicyclic amines) is 1. The largest absolute Gasteiger partial charge is 0.490 e. The van der Waals surface area contributed by atoms with E-state index in [1.807, 2.05) is 0 Å². The Hall–Kier alpha value is -0.770. The molecule has 1 heterocycles. The highest BCUT2D eigenvalue weighted by Gasteiger charge is 2.24. The number of ether oxygens (including phenoxy) is 1. The van der Waals surface area contributed by atoms with E-state index in [2.05, 4.69) is 50.8 Å². The molecule has 1 saturated heterocycles. The summed E-state index contributed by atoms with van der Waals surface area (Å²) < 4.78 is 6.19. The molecule has 0 radical (unpaired) electrons. The Labute approximate surface area is 135 Å². The van der Waals surface area contributed by atoms with Gasteiger partial charge >= 0.3 is 0 Å². The van der Waals surface area contributed by atoms with Crippen LogP contribution >= 0.6 is 12.4 Å². The molecule has 2 rings (SSSR count). The monoisotopic (exact) mass is 312 g/mol. The molecule has 0 aromatic heterocycles. The molecule has 1 aliphatic heterocycles. The Morgan fingerprint density at radius 2 is 1.86 bits per heavy atom. The summed E-state index contributed by atoms with van der Waals surface area (Å²) in [4.78, 5) is 2.45. The molecule has 0 spiro atoms. The zero-order chi connectivity index (χ0) is 14.8. The zero-order valence-corrected chi connectivity index (χ0v) is 14.5. The van der Waals surface area contributed by atoms with E-state index >= 15 is 0 Å². The predicted molar refractivity (Wildman–Crippen MR) is 91.5 cm³/mol. The van der Waals surface area contributed by atoms with Crippen molar-refractivity contribution in [3.8, 4) is 5.75 Å². The van der Waals surface area contributed by atoms with Crippen LogP contribution in [-0.2, 0) is 0 Å². The van der Waals surface area contributed by atoms with Gasteiger partial charge in [-0.15, -0.1) is 12.4 Å². The number of hydrogen-bond donors (Lipinski definition) is 1. The number of piperidine rings is 1. The molecule has 0 saturated carbocycles. The minimum atomic E-state index is -0.110. The normalized spacial score (nSPS) is 17.4. The molecule has 1 aromatic carbocycles. The summed E-state index contributed by atoms with van der Waals surface area (Å²) in [7, 11) is 0. The fourth-order valence-electron chi connectivity index (χ4n) is 2.78. The molecule has 0 bridgehead atoms. The van der Waals surface area contributed by atoms with Gasteiger partial charge in [0.15, 0.2) is 0 Å². The summed E-state index contributed by atoms with van der Waals surface area (Å²) in [6.45, 7) is 11.5. The van der Waals surface area contributed by atoms with E-state index in [0.29, 0.717) is 6.10 Å². The first-order chi connectivity index (χ1) is 9.33. The molecule has 120 valence electrons. The molecule has 21 heavy (non-hydrogen) atoms. The van der Waals surface area contributed by atoms with E-state index in [4.69, 9.17) is 10.5 Å². The van der Waals surface area contributed by atoms with Gasteiger partial charge < -0.3 is 15.4 Å². The van der Waals surface area contributed by atoms with Gasteiger partial charge in [-0.3, -0.25) is 0 Å². The number of aryl methyl sites for hydroxylation is 2. The standard InChI is InChI=1S/C17H28N2O.ClH/c1-13-5-6-14(2)16(11-13)20-15-7-9-19(10-8-15)12-17(3,4)18;/h5-6,11,15H,7-10,12,18H2,1-4H3;1H. The molecule has 0 atom stereocenters. The van der Waals surface area contributed by atoms with E-state index in [1.165, 1.54) is 11.1 Å². The van der Waals surface area contributed by atoms with E-state index in [-0.39, 0.29) is 17.9 Å². The minimum Gasteiger partial charge on any atom is -0.490 e. The molecule has 1 aromatic rings. The second-order valence-electron chi connectivity index (χ2n) is 6.85. The lowest BCUT2D eigenvalue weighted by Gasteiger charge is -2.36. The highest BCUT2D eigenvalue weighted by atomic mass is 35.5. The van der Waals surface area contributed by atoms with Crippen molar-refractivity contribution in [2.75, 3.05) is 19.6 Å². The fraction of sp³-hybridized carbons (Fsp3) is 0.647. The second kappa shape index (κ2) is 7.48. The third kappa shape index (κ3) is 5.85. The van der Waals surface area contributed by atoms with Crippen molar-refractivity contribution < 1.29 is 4.74 Å². The number of nitrogens with zero attached hydrogens (tertiary/aromatic N) is 1. The van der Waals surface area contributed by atoms with Crippen LogP contribution in [0.4, 0.5) is 0 Å². The van der Waals surface area contributed by atoms with Gasteiger partial charge in [0, 0.05) is 25.2 Å². The topological polar surface area (TPSA) is 38.5 Å². The lowest BCUT2D eigenvalue weighted by atomic mass is 10.0. The van der Waals surface area contributed by atoms with Gasteiger partial charge in [-0.05, 0) is 57.7 Å². The van der Waals surface area contributed by atoms with Crippen molar-refractivity contribution in [3.05, 3.63) is 29.3 Å². The molecule has 0 amide bonds. The van der Waals surface area contributed by atoms with Crippen molar-refractivity contribution in [1.29, 1.82) is 0 Å². The molecular formula is C17H29ClN2O. The highest BCUT2D eigenvalue weighted by molar-refractivity contribution is 5.85. The lowest BCUT2D eigenvalue weighted by molar-refractivity contribution is 0.0898. The van der Waals surface area contributed by atoms with Crippen LogP contribution in [0.25, 0.3) is 0 Å². The summed E-state index contributed by atoms with van der Waals surface area (Å²) in [6, 6.07) is 6.41. The fourth-order valence-corrected chi connectivity index (χ4v) is 2.78. The van der Waals surface area contributed by atoms with Gasteiger partial charge in [0.1, 0.15) is 11.9 Å². The second-order valence-corrected chi connectivity index (χ2v) is 6.85. The zero-order valence-electron chi connectivity index (χ0n) is 13.7. The number of halogens is 1. The number of hydrogen-bond acceptors (Lipinski definition) is 3. The van der Waals surface area contributed by atoms with Crippen LogP contribution in [0.1, 0.15) is 37.8 Å². The van der Waals surface area contributed by atoms with Crippen LogP contribution in [-0.4, -0.2) is 36.2 Å². The number of nitrogens with two attached hydrogens (primary N) is 1. The van der Waals surface area contributed by atoms with Gasteiger partial charge in [-0.1, -0.05) is 12.1 Å². The number of benzene rings is 1. The van der Waals surface area contributed by atoms with Crippen LogP contribution in [0.3, 0.4) is 0 Å². The third-order valence-corrected chi connectivity index (χ3v) is 3.80. The van der Waals surface area contributed by atoms with E-state index in [9.17, 15) is 0 Å². The molecule has 1 fully saturated rings. The smallest absolute Gasteiger partial charge is 0.122 e. The average Bonchev–Trinajstić information content (AvgIpc) is 2.34.